The molecule has 1 fully saturated rings. The summed E-state index contributed by atoms with van der Waals surface area (Å²) < 4.78 is 39.9. The maximum Gasteiger partial charge on any atom is 0.243 e. The van der Waals surface area contributed by atoms with Crippen molar-refractivity contribution in [3.63, 3.8) is 0 Å². The van der Waals surface area contributed by atoms with Gasteiger partial charge in [0.15, 0.2) is 0 Å². The first-order chi connectivity index (χ1) is 9.45. The lowest BCUT2D eigenvalue weighted by atomic mass is 10.2. The lowest BCUT2D eigenvalue weighted by molar-refractivity contribution is 0.350. The Morgan fingerprint density at radius 3 is 2.80 bits per heavy atom. The predicted octanol–water partition coefficient (Wildman–Crippen LogP) is 1.20. The molecular formula is C14H16FNO3S. The summed E-state index contributed by atoms with van der Waals surface area (Å²) >= 11 is 0. The fourth-order valence-corrected chi connectivity index (χ4v) is 3.74. The van der Waals surface area contributed by atoms with E-state index in [4.69, 9.17) is 5.11 Å². The maximum absolute atomic E-state index is 13.8. The average Bonchev–Trinajstić information content (AvgIpc) is 2.84. The van der Waals surface area contributed by atoms with Gasteiger partial charge in [-0.1, -0.05) is 18.8 Å². The van der Waals surface area contributed by atoms with Crippen LogP contribution in [-0.2, 0) is 10.0 Å². The fourth-order valence-electron chi connectivity index (χ4n) is 2.15. The first-order valence-electron chi connectivity index (χ1n) is 6.34. The minimum absolute atomic E-state index is 0.0568. The van der Waals surface area contributed by atoms with Crippen LogP contribution in [0.1, 0.15) is 18.9 Å². The Kier molecular flexibility index (Phi) is 4.43. The number of nitrogens with zero attached hydrogens (tertiary/aromatic N) is 1. The molecule has 1 saturated heterocycles. The number of aliphatic hydroxyl groups is 1. The van der Waals surface area contributed by atoms with Crippen LogP contribution in [0.4, 0.5) is 4.39 Å². The van der Waals surface area contributed by atoms with Crippen LogP contribution >= 0.6 is 0 Å². The molecule has 0 aromatic heterocycles. The summed E-state index contributed by atoms with van der Waals surface area (Å²) in [4.78, 5) is -0.0568. The summed E-state index contributed by atoms with van der Waals surface area (Å²) in [7, 11) is -3.64. The van der Waals surface area contributed by atoms with Gasteiger partial charge in [0.05, 0.1) is 10.5 Å². The molecule has 1 unspecified atom stereocenters. The van der Waals surface area contributed by atoms with Crippen molar-refractivity contribution >= 4 is 10.0 Å². The number of aliphatic hydroxyl groups excluding tert-OH is 1. The molecule has 0 aliphatic carbocycles. The molecular weight excluding hydrogens is 281 g/mol. The Bertz CT molecular complexity index is 661. The molecule has 1 heterocycles. The SMILES string of the molecule is CC1CCN(S(=O)(=O)c2ccc(C#CCO)c(F)c2)C1. The molecule has 1 aromatic rings. The summed E-state index contributed by atoms with van der Waals surface area (Å²) in [5.74, 6) is 4.39. The third-order valence-electron chi connectivity index (χ3n) is 3.27. The molecule has 20 heavy (non-hydrogen) atoms. The van der Waals surface area contributed by atoms with Gasteiger partial charge in [-0.3, -0.25) is 0 Å². The van der Waals surface area contributed by atoms with Crippen molar-refractivity contribution < 1.29 is 17.9 Å². The second kappa shape index (κ2) is 5.92. The Hall–Kier alpha value is -1.42. The zero-order chi connectivity index (χ0) is 14.8. The van der Waals surface area contributed by atoms with E-state index in [-0.39, 0.29) is 17.1 Å². The molecule has 0 bridgehead atoms. The Morgan fingerprint density at radius 1 is 1.50 bits per heavy atom. The highest BCUT2D eigenvalue weighted by Crippen LogP contribution is 2.24. The van der Waals surface area contributed by atoms with Gasteiger partial charge in [0.1, 0.15) is 12.4 Å². The van der Waals surface area contributed by atoms with Gasteiger partial charge in [0, 0.05) is 13.1 Å². The number of benzene rings is 1. The van der Waals surface area contributed by atoms with E-state index >= 15 is 0 Å². The van der Waals surface area contributed by atoms with E-state index in [1.54, 1.807) is 0 Å². The number of hydrogen-bond donors (Lipinski definition) is 1. The van der Waals surface area contributed by atoms with E-state index in [0.29, 0.717) is 19.0 Å². The predicted molar refractivity (Wildman–Crippen MR) is 72.9 cm³/mol. The summed E-state index contributed by atoms with van der Waals surface area (Å²) in [5.41, 5.74) is 0.0767. The van der Waals surface area contributed by atoms with Gasteiger partial charge >= 0.3 is 0 Å². The van der Waals surface area contributed by atoms with Gasteiger partial charge in [0.25, 0.3) is 0 Å². The summed E-state index contributed by atoms with van der Waals surface area (Å²) in [6, 6.07) is 3.66. The third kappa shape index (κ3) is 3.01. The first-order valence-corrected chi connectivity index (χ1v) is 7.78. The van der Waals surface area contributed by atoms with Gasteiger partial charge in [-0.2, -0.15) is 4.31 Å². The van der Waals surface area contributed by atoms with Gasteiger partial charge in [0.2, 0.25) is 10.0 Å². The molecule has 0 spiro atoms. The van der Waals surface area contributed by atoms with Crippen molar-refractivity contribution in [1.29, 1.82) is 0 Å². The molecule has 1 aliphatic rings. The van der Waals surface area contributed by atoms with Crippen LogP contribution < -0.4 is 0 Å². The van der Waals surface area contributed by atoms with Crippen molar-refractivity contribution in [3.8, 4) is 11.8 Å². The smallest absolute Gasteiger partial charge is 0.243 e. The molecule has 1 N–H and O–H groups in total. The van der Waals surface area contributed by atoms with Crippen molar-refractivity contribution in [1.82, 2.24) is 4.31 Å². The molecule has 0 amide bonds. The highest BCUT2D eigenvalue weighted by molar-refractivity contribution is 7.89. The van der Waals surface area contributed by atoms with Gasteiger partial charge in [-0.05, 0) is 30.5 Å². The van der Waals surface area contributed by atoms with Gasteiger partial charge < -0.3 is 5.11 Å². The van der Waals surface area contributed by atoms with Crippen LogP contribution in [-0.4, -0.2) is 37.5 Å². The molecule has 108 valence electrons. The van der Waals surface area contributed by atoms with E-state index < -0.39 is 15.8 Å². The van der Waals surface area contributed by atoms with Crippen molar-refractivity contribution in [2.45, 2.75) is 18.2 Å². The van der Waals surface area contributed by atoms with Crippen LogP contribution in [0.3, 0.4) is 0 Å². The normalized spacial score (nSPS) is 19.6. The summed E-state index contributed by atoms with van der Waals surface area (Å²) in [6.07, 6.45) is 0.821. The van der Waals surface area contributed by atoms with Crippen LogP contribution in [0, 0.1) is 23.6 Å². The van der Waals surface area contributed by atoms with E-state index in [0.717, 1.165) is 12.5 Å². The first kappa shape index (κ1) is 15.0. The molecule has 4 nitrogen and oxygen atoms in total. The number of rotatable bonds is 2. The average molecular weight is 297 g/mol. The molecule has 1 aromatic carbocycles. The monoisotopic (exact) mass is 297 g/mol. The highest BCUT2D eigenvalue weighted by Gasteiger charge is 2.30. The minimum Gasteiger partial charge on any atom is -0.384 e. The number of halogens is 1. The van der Waals surface area contributed by atoms with Gasteiger partial charge in [-0.15, -0.1) is 0 Å². The van der Waals surface area contributed by atoms with Crippen molar-refractivity contribution in [3.05, 3.63) is 29.6 Å². The van der Waals surface area contributed by atoms with E-state index in [2.05, 4.69) is 11.8 Å². The van der Waals surface area contributed by atoms with Crippen LogP contribution in [0.25, 0.3) is 0 Å². The molecule has 2 rings (SSSR count). The summed E-state index contributed by atoms with van der Waals surface area (Å²) in [6.45, 7) is 2.56. The lowest BCUT2D eigenvalue weighted by Gasteiger charge is -2.16. The number of hydrogen-bond acceptors (Lipinski definition) is 3. The standard InChI is InChI=1S/C14H16FNO3S/c1-11-6-7-16(10-11)20(18,19)13-5-4-12(3-2-8-17)14(15)9-13/h4-5,9,11,17H,6-8,10H2,1H3. The fraction of sp³-hybridized carbons (Fsp3) is 0.429. The maximum atomic E-state index is 13.8. The Labute approximate surface area is 118 Å². The van der Waals surface area contributed by atoms with Crippen LogP contribution in [0.2, 0.25) is 0 Å². The third-order valence-corrected chi connectivity index (χ3v) is 5.13. The van der Waals surface area contributed by atoms with Crippen molar-refractivity contribution in [2.24, 2.45) is 5.92 Å². The largest absolute Gasteiger partial charge is 0.384 e. The molecule has 1 atom stereocenters. The Balaban J connectivity index is 2.31. The van der Waals surface area contributed by atoms with E-state index in [1.165, 1.54) is 16.4 Å². The molecule has 1 aliphatic heterocycles. The zero-order valence-electron chi connectivity index (χ0n) is 11.1. The van der Waals surface area contributed by atoms with E-state index in [9.17, 15) is 12.8 Å². The highest BCUT2D eigenvalue weighted by atomic mass is 32.2. The van der Waals surface area contributed by atoms with Crippen molar-refractivity contribution in [2.75, 3.05) is 19.7 Å². The molecule has 6 heteroatoms. The number of sulfonamides is 1. The topological polar surface area (TPSA) is 57.6 Å². The quantitative estimate of drug-likeness (QED) is 0.835. The second-order valence-electron chi connectivity index (χ2n) is 4.86. The zero-order valence-corrected chi connectivity index (χ0v) is 12.0. The van der Waals surface area contributed by atoms with E-state index in [1.807, 2.05) is 6.92 Å². The van der Waals surface area contributed by atoms with Crippen LogP contribution in [0.5, 0.6) is 0 Å². The Morgan fingerprint density at radius 2 is 2.25 bits per heavy atom. The second-order valence-corrected chi connectivity index (χ2v) is 6.80. The lowest BCUT2D eigenvalue weighted by Crippen LogP contribution is -2.28. The molecule has 0 saturated carbocycles. The minimum atomic E-state index is -3.64. The molecule has 0 radical (unpaired) electrons. The summed E-state index contributed by atoms with van der Waals surface area (Å²) in [5, 5.41) is 8.57. The van der Waals surface area contributed by atoms with Crippen LogP contribution in [0.15, 0.2) is 23.1 Å². The van der Waals surface area contributed by atoms with Gasteiger partial charge in [-0.25, -0.2) is 12.8 Å².